The lowest BCUT2D eigenvalue weighted by Gasteiger charge is -2.20. The van der Waals surface area contributed by atoms with Crippen molar-refractivity contribution in [3.63, 3.8) is 0 Å². The Labute approximate surface area is 192 Å². The lowest BCUT2D eigenvalue weighted by molar-refractivity contribution is 0.104. The molecule has 0 spiro atoms. The summed E-state index contributed by atoms with van der Waals surface area (Å²) < 4.78 is 0. The van der Waals surface area contributed by atoms with Crippen LogP contribution >= 0.6 is 0 Å². The molecule has 6 rings (SSSR count). The van der Waals surface area contributed by atoms with Crippen LogP contribution in [0.5, 0.6) is 0 Å². The number of benzene rings is 6. The van der Waals surface area contributed by atoms with Gasteiger partial charge in [0.05, 0.1) is 0 Å². The van der Waals surface area contributed by atoms with Crippen molar-refractivity contribution in [2.45, 2.75) is 6.92 Å². The second-order valence-corrected chi connectivity index (χ2v) is 8.52. The first kappa shape index (κ1) is 19.5. The highest BCUT2D eigenvalue weighted by Crippen LogP contribution is 2.44. The molecule has 1 heteroatoms. The molecule has 0 amide bonds. The minimum Gasteiger partial charge on any atom is -0.289 e. The van der Waals surface area contributed by atoms with Crippen LogP contribution in [-0.2, 0) is 0 Å². The number of hydrogen-bond donors (Lipinski definition) is 0. The van der Waals surface area contributed by atoms with E-state index < -0.39 is 0 Å². The van der Waals surface area contributed by atoms with Crippen molar-refractivity contribution in [2.24, 2.45) is 0 Å². The number of hydrogen-bond acceptors (Lipinski definition) is 1. The molecule has 1 nitrogen and oxygen atoms in total. The van der Waals surface area contributed by atoms with Gasteiger partial charge in [-0.1, -0.05) is 115 Å². The lowest BCUT2D eigenvalue weighted by atomic mass is 9.82. The second kappa shape index (κ2) is 7.72. The Morgan fingerprint density at radius 2 is 1.09 bits per heavy atom. The molecule has 33 heavy (non-hydrogen) atoms. The summed E-state index contributed by atoms with van der Waals surface area (Å²) >= 11 is 0. The third kappa shape index (κ3) is 3.05. The van der Waals surface area contributed by atoms with E-state index in [1.54, 1.807) is 0 Å². The highest BCUT2D eigenvalue weighted by atomic mass is 16.1. The first-order valence-corrected chi connectivity index (χ1v) is 11.3. The van der Waals surface area contributed by atoms with Crippen molar-refractivity contribution < 1.29 is 4.79 Å². The molecule has 0 fully saturated rings. The highest BCUT2D eigenvalue weighted by Gasteiger charge is 2.23. The Morgan fingerprint density at radius 3 is 1.79 bits per heavy atom. The van der Waals surface area contributed by atoms with Crippen LogP contribution in [0.3, 0.4) is 0 Å². The van der Waals surface area contributed by atoms with E-state index in [1.807, 2.05) is 54.6 Å². The molecule has 0 aliphatic heterocycles. The molecule has 6 aromatic carbocycles. The van der Waals surface area contributed by atoms with E-state index in [1.165, 1.54) is 21.7 Å². The average Bonchev–Trinajstić information content (AvgIpc) is 2.89. The summed E-state index contributed by atoms with van der Waals surface area (Å²) in [7, 11) is 0. The summed E-state index contributed by atoms with van der Waals surface area (Å²) in [6.07, 6.45) is 0. The van der Waals surface area contributed by atoms with Crippen LogP contribution in [0.2, 0.25) is 0 Å². The summed E-state index contributed by atoms with van der Waals surface area (Å²) in [6, 6.07) is 39.1. The molecular formula is C32H22O. The number of fused-ring (bicyclic) bond motifs is 5. The van der Waals surface area contributed by atoms with Crippen LogP contribution in [0.1, 0.15) is 21.5 Å². The zero-order valence-electron chi connectivity index (χ0n) is 18.4. The van der Waals surface area contributed by atoms with E-state index in [-0.39, 0.29) is 5.78 Å². The van der Waals surface area contributed by atoms with Crippen molar-refractivity contribution in [3.05, 3.63) is 132 Å². The standard InChI is InChI=1S/C32H22O/c1-21-20-28-25-17-9-11-19-27(25)31(32(33)23-14-6-3-7-15-23)29(22-12-4-2-5-13-22)30(28)26-18-10-8-16-24(21)26/h2-20H,1H3. The van der Waals surface area contributed by atoms with Gasteiger partial charge in [0.25, 0.3) is 0 Å². The van der Waals surface area contributed by atoms with Gasteiger partial charge in [-0.3, -0.25) is 4.79 Å². The smallest absolute Gasteiger partial charge is 0.194 e. The fourth-order valence-electron chi connectivity index (χ4n) is 5.10. The maximum atomic E-state index is 14.1. The molecule has 0 saturated carbocycles. The van der Waals surface area contributed by atoms with Crippen molar-refractivity contribution in [3.8, 4) is 11.1 Å². The molecule has 0 aliphatic rings. The van der Waals surface area contributed by atoms with Crippen molar-refractivity contribution in [2.75, 3.05) is 0 Å². The van der Waals surface area contributed by atoms with E-state index in [0.29, 0.717) is 5.56 Å². The Hall–Kier alpha value is -4.23. The normalized spacial score (nSPS) is 11.3. The molecule has 0 bridgehead atoms. The van der Waals surface area contributed by atoms with Gasteiger partial charge in [0.15, 0.2) is 5.78 Å². The van der Waals surface area contributed by atoms with Gasteiger partial charge in [-0.15, -0.1) is 0 Å². The topological polar surface area (TPSA) is 17.1 Å². The van der Waals surface area contributed by atoms with Crippen LogP contribution in [-0.4, -0.2) is 5.78 Å². The van der Waals surface area contributed by atoms with Crippen molar-refractivity contribution in [1.82, 2.24) is 0 Å². The van der Waals surface area contributed by atoms with Gasteiger partial charge >= 0.3 is 0 Å². The largest absolute Gasteiger partial charge is 0.289 e. The van der Waals surface area contributed by atoms with Crippen LogP contribution in [0, 0.1) is 6.92 Å². The predicted octanol–water partition coefficient (Wildman–Crippen LogP) is 8.35. The first-order chi connectivity index (χ1) is 16.2. The van der Waals surface area contributed by atoms with Crippen LogP contribution in [0.4, 0.5) is 0 Å². The Kier molecular flexibility index (Phi) is 4.55. The summed E-state index contributed by atoms with van der Waals surface area (Å²) in [4.78, 5) is 14.1. The quantitative estimate of drug-likeness (QED) is 0.207. The maximum Gasteiger partial charge on any atom is 0.194 e. The number of ketones is 1. The number of carbonyl (C=O) groups excluding carboxylic acids is 1. The fraction of sp³-hybridized carbons (Fsp3) is 0.0312. The maximum absolute atomic E-state index is 14.1. The summed E-state index contributed by atoms with van der Waals surface area (Å²) in [6.45, 7) is 2.17. The molecular weight excluding hydrogens is 400 g/mol. The zero-order valence-corrected chi connectivity index (χ0v) is 18.4. The number of rotatable bonds is 3. The molecule has 0 atom stereocenters. The SMILES string of the molecule is Cc1cc2c3ccccc3c(C(=O)c3ccccc3)c(-c3ccccc3)c2c2ccccc12. The van der Waals surface area contributed by atoms with E-state index in [0.717, 1.165) is 32.8 Å². The third-order valence-corrected chi connectivity index (χ3v) is 6.56. The molecule has 156 valence electrons. The van der Waals surface area contributed by atoms with Gasteiger partial charge in [-0.05, 0) is 50.4 Å². The zero-order chi connectivity index (χ0) is 22.4. The van der Waals surface area contributed by atoms with Crippen molar-refractivity contribution >= 4 is 38.1 Å². The van der Waals surface area contributed by atoms with E-state index in [2.05, 4.69) is 67.6 Å². The predicted molar refractivity (Wildman–Crippen MR) is 139 cm³/mol. The minimum atomic E-state index is 0.0530. The van der Waals surface area contributed by atoms with E-state index >= 15 is 0 Å². The second-order valence-electron chi connectivity index (χ2n) is 8.52. The molecule has 0 radical (unpaired) electrons. The Balaban J connectivity index is 1.91. The molecule has 0 heterocycles. The van der Waals surface area contributed by atoms with Gasteiger partial charge in [-0.25, -0.2) is 0 Å². The van der Waals surface area contributed by atoms with Gasteiger partial charge in [0.2, 0.25) is 0 Å². The van der Waals surface area contributed by atoms with E-state index in [9.17, 15) is 4.79 Å². The molecule has 0 N–H and O–H groups in total. The Bertz CT molecular complexity index is 1660. The molecule has 0 unspecified atom stereocenters. The molecule has 6 aromatic rings. The van der Waals surface area contributed by atoms with Gasteiger partial charge < -0.3 is 0 Å². The first-order valence-electron chi connectivity index (χ1n) is 11.3. The summed E-state index contributed by atoms with van der Waals surface area (Å²) in [5.74, 6) is 0.0530. The fourth-order valence-corrected chi connectivity index (χ4v) is 5.10. The van der Waals surface area contributed by atoms with E-state index in [4.69, 9.17) is 0 Å². The lowest BCUT2D eigenvalue weighted by Crippen LogP contribution is -2.06. The van der Waals surface area contributed by atoms with Crippen LogP contribution < -0.4 is 0 Å². The molecule has 0 aliphatic carbocycles. The van der Waals surface area contributed by atoms with Crippen LogP contribution in [0.25, 0.3) is 43.4 Å². The third-order valence-electron chi connectivity index (χ3n) is 6.56. The average molecular weight is 423 g/mol. The number of carbonyl (C=O) groups is 1. The van der Waals surface area contributed by atoms with Crippen LogP contribution in [0.15, 0.2) is 115 Å². The highest BCUT2D eigenvalue weighted by molar-refractivity contribution is 6.32. The van der Waals surface area contributed by atoms with Gasteiger partial charge in [-0.2, -0.15) is 0 Å². The summed E-state index contributed by atoms with van der Waals surface area (Å²) in [5.41, 5.74) is 4.78. The van der Waals surface area contributed by atoms with Gasteiger partial charge in [0.1, 0.15) is 0 Å². The number of aryl methyl sites for hydroxylation is 1. The molecule has 0 aromatic heterocycles. The summed E-state index contributed by atoms with van der Waals surface area (Å²) in [5, 5.41) is 6.83. The monoisotopic (exact) mass is 422 g/mol. The van der Waals surface area contributed by atoms with Crippen molar-refractivity contribution in [1.29, 1.82) is 0 Å². The minimum absolute atomic E-state index is 0.0530. The van der Waals surface area contributed by atoms with Gasteiger partial charge in [0, 0.05) is 16.7 Å². The Morgan fingerprint density at radius 1 is 0.545 bits per heavy atom. The molecule has 0 saturated heterocycles.